The number of carbonyl (C=O) groups is 1. The lowest BCUT2D eigenvalue weighted by Crippen LogP contribution is -2.60. The van der Waals surface area contributed by atoms with Crippen molar-refractivity contribution in [3.05, 3.63) is 0 Å². The van der Waals surface area contributed by atoms with Crippen molar-refractivity contribution in [2.75, 3.05) is 13.2 Å². The number of rotatable bonds is 4. The zero-order chi connectivity index (χ0) is 13.9. The molecule has 6 N–H and O–H groups in total. The molecule has 0 bridgehead atoms. The molecule has 0 saturated carbocycles. The highest BCUT2D eigenvalue weighted by Crippen LogP contribution is 2.22. The van der Waals surface area contributed by atoms with Crippen molar-refractivity contribution in [1.82, 2.24) is 0 Å². The van der Waals surface area contributed by atoms with Gasteiger partial charge in [0.05, 0.1) is 13.2 Å². The predicted octanol–water partition coefficient (Wildman–Crippen LogP) is -4.32. The van der Waals surface area contributed by atoms with E-state index in [-0.39, 0.29) is 0 Å². The number of carbonyl (C=O) groups excluding carboxylic acids is 1. The van der Waals surface area contributed by atoms with E-state index >= 15 is 0 Å². The topological polar surface area (TPSA) is 157 Å². The van der Waals surface area contributed by atoms with Gasteiger partial charge >= 0.3 is 5.97 Å². The molecule has 1 fully saturated rings. The quantitative estimate of drug-likeness (QED) is 0.277. The monoisotopic (exact) mass is 268 g/mol. The van der Waals surface area contributed by atoms with Gasteiger partial charge in [-0.3, -0.25) is 0 Å². The summed E-state index contributed by atoms with van der Waals surface area (Å²) in [5.41, 5.74) is 0. The molecule has 0 unspecified atom stereocenters. The molecule has 0 aliphatic carbocycles. The molecule has 1 saturated heterocycles. The summed E-state index contributed by atoms with van der Waals surface area (Å²) in [5, 5.41) is 54.8. The Balaban J connectivity index is 2.68. The summed E-state index contributed by atoms with van der Waals surface area (Å²) >= 11 is 0. The normalized spacial score (nSPS) is 38.2. The average Bonchev–Trinajstić information content (AvgIpc) is 2.37. The number of esters is 1. The fourth-order valence-electron chi connectivity index (χ4n) is 1.49. The summed E-state index contributed by atoms with van der Waals surface area (Å²) in [4.78, 5) is 11.2. The molecule has 106 valence electrons. The lowest BCUT2D eigenvalue weighted by atomic mass is 9.99. The summed E-state index contributed by atoms with van der Waals surface area (Å²) in [6, 6.07) is 0. The van der Waals surface area contributed by atoms with E-state index < -0.39 is 56.0 Å². The van der Waals surface area contributed by atoms with Crippen LogP contribution in [0.15, 0.2) is 0 Å². The van der Waals surface area contributed by atoms with E-state index in [0.29, 0.717) is 0 Å². The first kappa shape index (κ1) is 15.2. The van der Waals surface area contributed by atoms with Crippen LogP contribution in [-0.2, 0) is 14.3 Å². The minimum Gasteiger partial charge on any atom is -0.452 e. The molecular formula is C9H16O9. The Kier molecular flexibility index (Phi) is 5.41. The predicted molar refractivity (Wildman–Crippen MR) is 53.0 cm³/mol. The van der Waals surface area contributed by atoms with E-state index in [0.717, 1.165) is 0 Å². The average molecular weight is 268 g/mol. The zero-order valence-electron chi connectivity index (χ0n) is 9.29. The summed E-state index contributed by atoms with van der Waals surface area (Å²) in [7, 11) is 0. The smallest absolute Gasteiger partial charge is 0.337 e. The molecule has 0 aromatic rings. The third kappa shape index (κ3) is 3.14. The third-order valence-corrected chi connectivity index (χ3v) is 2.54. The highest BCUT2D eigenvalue weighted by molar-refractivity contribution is 5.74. The Morgan fingerprint density at radius 2 is 1.83 bits per heavy atom. The molecule has 1 aliphatic heterocycles. The highest BCUT2D eigenvalue weighted by Gasteiger charge is 2.46. The maximum atomic E-state index is 11.2. The minimum atomic E-state index is -1.82. The molecule has 1 heterocycles. The van der Waals surface area contributed by atoms with Gasteiger partial charge in [0.1, 0.15) is 18.3 Å². The third-order valence-electron chi connectivity index (χ3n) is 2.54. The molecule has 9 nitrogen and oxygen atoms in total. The number of aliphatic hydroxyl groups is 6. The van der Waals surface area contributed by atoms with Crippen LogP contribution in [-0.4, -0.2) is 86.6 Å². The van der Waals surface area contributed by atoms with Gasteiger partial charge in [-0.1, -0.05) is 0 Å². The maximum Gasteiger partial charge on any atom is 0.337 e. The SMILES string of the molecule is O=C(O[C@@H]1[C@@H](O)[C@@H](O)[C@@H](CO)O[C@H]1O)[C@H](O)CO. The lowest BCUT2D eigenvalue weighted by molar-refractivity contribution is -0.292. The Labute approximate surface area is 102 Å². The van der Waals surface area contributed by atoms with Crippen LogP contribution >= 0.6 is 0 Å². The van der Waals surface area contributed by atoms with E-state index in [1.165, 1.54) is 0 Å². The Morgan fingerprint density at radius 3 is 2.33 bits per heavy atom. The molecule has 18 heavy (non-hydrogen) atoms. The van der Waals surface area contributed by atoms with Crippen LogP contribution in [0.25, 0.3) is 0 Å². The molecule has 0 amide bonds. The second-order valence-electron chi connectivity index (χ2n) is 3.83. The molecule has 6 atom stereocenters. The first-order valence-electron chi connectivity index (χ1n) is 5.22. The fourth-order valence-corrected chi connectivity index (χ4v) is 1.49. The summed E-state index contributed by atoms with van der Waals surface area (Å²) in [5.74, 6) is -1.28. The Hall–Kier alpha value is -0.810. The van der Waals surface area contributed by atoms with Crippen LogP contribution in [0.5, 0.6) is 0 Å². The van der Waals surface area contributed by atoms with E-state index in [4.69, 9.17) is 20.1 Å². The molecule has 0 aromatic heterocycles. The fraction of sp³-hybridized carbons (Fsp3) is 0.889. The standard InChI is InChI=1S/C9H16O9/c10-1-3(12)8(15)18-7-6(14)5(13)4(2-11)17-9(7)16/h3-7,9-14,16H,1-2H2/t3-,4-,5+,6+,7-,9-/m1/s1. The molecule has 1 aliphatic rings. The largest absolute Gasteiger partial charge is 0.452 e. The van der Waals surface area contributed by atoms with Crippen molar-refractivity contribution in [2.24, 2.45) is 0 Å². The molecule has 0 aromatic carbocycles. The van der Waals surface area contributed by atoms with Gasteiger partial charge in [0.2, 0.25) is 0 Å². The minimum absolute atomic E-state index is 0.644. The first-order chi connectivity index (χ1) is 8.42. The van der Waals surface area contributed by atoms with Crippen molar-refractivity contribution in [1.29, 1.82) is 0 Å². The highest BCUT2D eigenvalue weighted by atomic mass is 16.7. The van der Waals surface area contributed by atoms with Crippen LogP contribution in [0.1, 0.15) is 0 Å². The van der Waals surface area contributed by atoms with Gasteiger partial charge in [-0.2, -0.15) is 0 Å². The first-order valence-corrected chi connectivity index (χ1v) is 5.22. The molecule has 0 radical (unpaired) electrons. The molecular weight excluding hydrogens is 252 g/mol. The van der Waals surface area contributed by atoms with E-state index in [9.17, 15) is 20.1 Å². The van der Waals surface area contributed by atoms with Gasteiger partial charge in [-0.25, -0.2) is 4.79 Å². The van der Waals surface area contributed by atoms with Crippen molar-refractivity contribution < 1.29 is 44.9 Å². The van der Waals surface area contributed by atoms with E-state index in [1.54, 1.807) is 0 Å². The van der Waals surface area contributed by atoms with Crippen LogP contribution in [0.4, 0.5) is 0 Å². The number of hydrogen-bond acceptors (Lipinski definition) is 9. The summed E-state index contributed by atoms with van der Waals surface area (Å²) < 4.78 is 9.24. The second-order valence-corrected chi connectivity index (χ2v) is 3.83. The van der Waals surface area contributed by atoms with Crippen molar-refractivity contribution >= 4 is 5.97 Å². The number of hydrogen-bond donors (Lipinski definition) is 6. The van der Waals surface area contributed by atoms with Crippen molar-refractivity contribution in [3.63, 3.8) is 0 Å². The molecule has 9 heteroatoms. The Morgan fingerprint density at radius 1 is 1.22 bits per heavy atom. The Bertz CT molecular complexity index is 283. The second kappa shape index (κ2) is 6.38. The summed E-state index contributed by atoms with van der Waals surface area (Å²) in [6.07, 6.45) is -9.69. The van der Waals surface area contributed by atoms with E-state index in [1.807, 2.05) is 0 Å². The van der Waals surface area contributed by atoms with Crippen LogP contribution in [0.3, 0.4) is 0 Å². The van der Waals surface area contributed by atoms with Crippen LogP contribution < -0.4 is 0 Å². The van der Waals surface area contributed by atoms with Crippen LogP contribution in [0, 0.1) is 0 Å². The van der Waals surface area contributed by atoms with Gasteiger partial charge in [0.15, 0.2) is 18.5 Å². The van der Waals surface area contributed by atoms with Gasteiger partial charge < -0.3 is 40.1 Å². The van der Waals surface area contributed by atoms with Gasteiger partial charge in [0, 0.05) is 0 Å². The molecule has 0 spiro atoms. The number of aliphatic hydroxyl groups excluding tert-OH is 6. The summed E-state index contributed by atoms with van der Waals surface area (Å²) in [6.45, 7) is -1.53. The lowest BCUT2D eigenvalue weighted by Gasteiger charge is -2.39. The molecule has 1 rings (SSSR count). The van der Waals surface area contributed by atoms with Gasteiger partial charge in [-0.05, 0) is 0 Å². The van der Waals surface area contributed by atoms with Crippen molar-refractivity contribution in [2.45, 2.75) is 36.8 Å². The number of ether oxygens (including phenoxy) is 2. The van der Waals surface area contributed by atoms with E-state index in [2.05, 4.69) is 4.74 Å². The van der Waals surface area contributed by atoms with Gasteiger partial charge in [0.25, 0.3) is 0 Å². The van der Waals surface area contributed by atoms with Crippen molar-refractivity contribution in [3.8, 4) is 0 Å². The van der Waals surface area contributed by atoms with Gasteiger partial charge in [-0.15, -0.1) is 0 Å². The zero-order valence-corrected chi connectivity index (χ0v) is 9.29. The maximum absolute atomic E-state index is 11.2. The van der Waals surface area contributed by atoms with Crippen LogP contribution in [0.2, 0.25) is 0 Å².